The fourth-order valence-electron chi connectivity index (χ4n) is 1.70. The minimum Gasteiger partial charge on any atom is -0.468 e. The number of esters is 2. The van der Waals surface area contributed by atoms with Crippen molar-refractivity contribution < 1.29 is 23.9 Å². The molecule has 0 amide bonds. The molecule has 0 saturated heterocycles. The Morgan fingerprint density at radius 1 is 1.04 bits per heavy atom. The first kappa shape index (κ1) is 20.5. The molecule has 0 bridgehead atoms. The van der Waals surface area contributed by atoms with Crippen molar-refractivity contribution in [2.75, 3.05) is 20.0 Å². The third-order valence-corrected chi connectivity index (χ3v) is 5.82. The van der Waals surface area contributed by atoms with Crippen molar-refractivity contribution in [3.63, 3.8) is 0 Å². The molecule has 0 fully saturated rings. The van der Waals surface area contributed by atoms with Crippen molar-refractivity contribution in [2.45, 2.75) is 17.3 Å². The second kappa shape index (κ2) is 10.3. The zero-order chi connectivity index (χ0) is 18.1. The number of ether oxygens (including phenoxy) is 2. The summed E-state index contributed by atoms with van der Waals surface area (Å²) in [6.07, 6.45) is 0. The number of rotatable bonds is 9. The van der Waals surface area contributed by atoms with Gasteiger partial charge in [-0.1, -0.05) is 51.9 Å². The number of Topliss-reactive ketones (excluding diaryl/α,β-unsaturated/α-hetero) is 1. The van der Waals surface area contributed by atoms with Gasteiger partial charge in [0.15, 0.2) is 5.78 Å². The number of nitrogens with two attached hydrogens (primary N) is 2. The predicted molar refractivity (Wildman–Crippen MR) is 94.6 cm³/mol. The van der Waals surface area contributed by atoms with Crippen molar-refractivity contribution in [3.8, 4) is 0 Å². The summed E-state index contributed by atoms with van der Waals surface area (Å²) in [5, 5.41) is -0.866. The third-order valence-electron chi connectivity index (χ3n) is 3.04. The number of carbonyl (C=O) groups excluding carboxylic acids is 3. The molecule has 0 spiro atoms. The van der Waals surface area contributed by atoms with Crippen molar-refractivity contribution >= 4 is 39.3 Å². The van der Waals surface area contributed by atoms with Gasteiger partial charge < -0.3 is 20.9 Å². The van der Waals surface area contributed by atoms with Crippen LogP contribution in [-0.2, 0) is 19.1 Å². The number of benzene rings is 1. The van der Waals surface area contributed by atoms with E-state index in [1.165, 1.54) is 25.0 Å². The van der Waals surface area contributed by atoms with Gasteiger partial charge in [-0.2, -0.15) is 0 Å². The Kier molecular flexibility index (Phi) is 8.83. The number of carbonyl (C=O) groups is 3. The highest BCUT2D eigenvalue weighted by molar-refractivity contribution is 8.77. The molecule has 0 aliphatic rings. The Morgan fingerprint density at radius 2 is 1.62 bits per heavy atom. The summed E-state index contributed by atoms with van der Waals surface area (Å²) in [5.41, 5.74) is 11.9. The molecule has 0 aliphatic carbocycles. The van der Waals surface area contributed by atoms with Gasteiger partial charge in [0.25, 0.3) is 0 Å². The van der Waals surface area contributed by atoms with Gasteiger partial charge in [-0.3, -0.25) is 14.4 Å². The van der Waals surface area contributed by atoms with Gasteiger partial charge >= 0.3 is 11.9 Å². The fourth-order valence-corrected chi connectivity index (χ4v) is 4.40. The number of methoxy groups -OCH3 is 2. The van der Waals surface area contributed by atoms with Crippen LogP contribution >= 0.6 is 21.6 Å². The quantitative estimate of drug-likeness (QED) is 0.365. The van der Waals surface area contributed by atoms with Crippen LogP contribution in [0.25, 0.3) is 0 Å². The number of hydrogen-bond donors (Lipinski definition) is 2. The molecular weight excluding hydrogens is 352 g/mol. The van der Waals surface area contributed by atoms with Gasteiger partial charge in [-0.05, 0) is 0 Å². The Balaban J connectivity index is 2.81. The van der Waals surface area contributed by atoms with Crippen LogP contribution in [0.2, 0.25) is 0 Å². The topological polar surface area (TPSA) is 122 Å². The van der Waals surface area contributed by atoms with E-state index in [-0.39, 0.29) is 11.5 Å². The molecule has 1 unspecified atom stereocenters. The van der Waals surface area contributed by atoms with Gasteiger partial charge in [0.05, 0.1) is 14.2 Å². The lowest BCUT2D eigenvalue weighted by Crippen LogP contribution is -2.45. The standard InChI is InChI=1S/C15H20N2O5S2/c1-21-14(19)10(16)8-23-24-13(11(17)15(20)22-2)12(18)9-6-4-3-5-7-9/h3-7,10-11,13H,8,16-17H2,1-2H3/t10-,11-,13?/m0/s1. The highest BCUT2D eigenvalue weighted by Crippen LogP contribution is 2.31. The van der Waals surface area contributed by atoms with Gasteiger partial charge in [0.1, 0.15) is 17.3 Å². The fraction of sp³-hybridized carbons (Fsp3) is 0.400. The maximum Gasteiger partial charge on any atom is 0.324 e. The first-order valence-corrected chi connectivity index (χ1v) is 9.35. The number of ketones is 1. The van der Waals surface area contributed by atoms with E-state index in [0.29, 0.717) is 5.56 Å². The average molecular weight is 372 g/mol. The third kappa shape index (κ3) is 5.82. The van der Waals surface area contributed by atoms with E-state index < -0.39 is 29.3 Å². The van der Waals surface area contributed by atoms with Crippen LogP contribution in [-0.4, -0.2) is 55.0 Å². The van der Waals surface area contributed by atoms with Gasteiger partial charge in [0.2, 0.25) is 0 Å². The van der Waals surface area contributed by atoms with E-state index in [1.807, 2.05) is 0 Å². The lowest BCUT2D eigenvalue weighted by Gasteiger charge is -2.20. The van der Waals surface area contributed by atoms with Crippen molar-refractivity contribution in [2.24, 2.45) is 11.5 Å². The predicted octanol–water partition coefficient (Wildman–Crippen LogP) is 0.620. The second-order valence-corrected chi connectivity index (χ2v) is 7.26. The smallest absolute Gasteiger partial charge is 0.324 e. The molecule has 132 valence electrons. The van der Waals surface area contributed by atoms with Crippen LogP contribution in [0.15, 0.2) is 30.3 Å². The summed E-state index contributed by atoms with van der Waals surface area (Å²) in [6, 6.07) is 6.56. The highest BCUT2D eigenvalue weighted by Gasteiger charge is 2.33. The van der Waals surface area contributed by atoms with Crippen LogP contribution in [0, 0.1) is 0 Å². The van der Waals surface area contributed by atoms with E-state index in [2.05, 4.69) is 9.47 Å². The first-order valence-electron chi connectivity index (χ1n) is 6.96. The Morgan fingerprint density at radius 3 is 2.17 bits per heavy atom. The van der Waals surface area contributed by atoms with Crippen molar-refractivity contribution in [3.05, 3.63) is 35.9 Å². The molecule has 7 nitrogen and oxygen atoms in total. The van der Waals surface area contributed by atoms with Crippen molar-refractivity contribution in [1.29, 1.82) is 0 Å². The maximum atomic E-state index is 12.6. The molecular formula is C15H20N2O5S2. The molecule has 0 saturated carbocycles. The average Bonchev–Trinajstić information content (AvgIpc) is 2.63. The molecule has 0 radical (unpaired) electrons. The minimum absolute atomic E-state index is 0.212. The molecule has 0 heterocycles. The SMILES string of the molecule is COC(=O)[C@@H](N)C(SSC[C@H](N)C(=O)OC)C(=O)c1ccccc1. The summed E-state index contributed by atoms with van der Waals surface area (Å²) in [6.45, 7) is 0. The van der Waals surface area contributed by atoms with Crippen molar-refractivity contribution in [1.82, 2.24) is 0 Å². The summed E-state index contributed by atoms with van der Waals surface area (Å²) < 4.78 is 9.16. The lowest BCUT2D eigenvalue weighted by atomic mass is 10.0. The van der Waals surface area contributed by atoms with E-state index in [4.69, 9.17) is 11.5 Å². The molecule has 4 N–H and O–H groups in total. The molecule has 24 heavy (non-hydrogen) atoms. The first-order chi connectivity index (χ1) is 11.4. The normalized spacial score (nSPS) is 14.3. The molecule has 1 aromatic carbocycles. The van der Waals surface area contributed by atoms with E-state index in [0.717, 1.165) is 10.8 Å². The molecule has 0 aliphatic heterocycles. The second-order valence-electron chi connectivity index (χ2n) is 4.71. The van der Waals surface area contributed by atoms with E-state index in [1.54, 1.807) is 30.3 Å². The Hall–Kier alpha value is -1.55. The van der Waals surface area contributed by atoms with E-state index in [9.17, 15) is 14.4 Å². The summed E-state index contributed by atoms with van der Waals surface area (Å²) in [7, 11) is 4.71. The Labute approximate surface area is 148 Å². The van der Waals surface area contributed by atoms with Crippen LogP contribution in [0.4, 0.5) is 0 Å². The Bertz CT molecular complexity index is 570. The summed E-state index contributed by atoms with van der Waals surface area (Å²) in [5.74, 6) is -1.32. The van der Waals surface area contributed by atoms with Gasteiger partial charge in [-0.15, -0.1) is 0 Å². The molecule has 1 aromatic rings. The monoisotopic (exact) mass is 372 g/mol. The number of hydrogen-bond acceptors (Lipinski definition) is 9. The maximum absolute atomic E-state index is 12.6. The van der Waals surface area contributed by atoms with Gasteiger partial charge in [-0.25, -0.2) is 0 Å². The largest absolute Gasteiger partial charge is 0.468 e. The van der Waals surface area contributed by atoms with Gasteiger partial charge in [0, 0.05) is 11.3 Å². The minimum atomic E-state index is -1.13. The molecule has 1 rings (SSSR count). The zero-order valence-electron chi connectivity index (χ0n) is 13.3. The van der Waals surface area contributed by atoms with Crippen LogP contribution in [0.5, 0.6) is 0 Å². The van der Waals surface area contributed by atoms with E-state index >= 15 is 0 Å². The molecule has 0 aromatic heterocycles. The zero-order valence-corrected chi connectivity index (χ0v) is 15.0. The highest BCUT2D eigenvalue weighted by atomic mass is 33.1. The van der Waals surface area contributed by atoms with Crippen LogP contribution in [0.1, 0.15) is 10.4 Å². The lowest BCUT2D eigenvalue weighted by molar-refractivity contribution is -0.142. The van der Waals surface area contributed by atoms with Crippen LogP contribution in [0.3, 0.4) is 0 Å². The molecule has 9 heteroatoms. The van der Waals surface area contributed by atoms with Crippen LogP contribution < -0.4 is 11.5 Å². The summed E-state index contributed by atoms with van der Waals surface area (Å²) in [4.78, 5) is 35.6. The summed E-state index contributed by atoms with van der Waals surface area (Å²) >= 11 is 0. The molecule has 3 atom stereocenters.